The van der Waals surface area contributed by atoms with Crippen molar-refractivity contribution >= 4 is 21.4 Å². The van der Waals surface area contributed by atoms with Gasteiger partial charge in [-0.3, -0.25) is 0 Å². The zero-order chi connectivity index (χ0) is 15.3. The van der Waals surface area contributed by atoms with Gasteiger partial charge in [-0.15, -0.1) is 0 Å². The molecule has 0 bridgehead atoms. The summed E-state index contributed by atoms with van der Waals surface area (Å²) in [4.78, 5) is 9.25. The second-order valence-corrected chi connectivity index (χ2v) is 7.83. The molecule has 5 heteroatoms. The Bertz CT molecular complexity index is 528. The van der Waals surface area contributed by atoms with Crippen LogP contribution in [0.15, 0.2) is 18.2 Å². The number of hydrogen-bond acceptors (Lipinski definition) is 3. The van der Waals surface area contributed by atoms with Gasteiger partial charge in [-0.2, -0.15) is 0 Å². The lowest BCUT2D eigenvalue weighted by Crippen LogP contribution is -2.41. The zero-order valence-corrected chi connectivity index (χ0v) is 14.3. The third-order valence-electron chi connectivity index (χ3n) is 5.28. The quantitative estimate of drug-likeness (QED) is 0.689. The van der Waals surface area contributed by atoms with Crippen molar-refractivity contribution in [3.05, 3.63) is 29.3 Å². The summed E-state index contributed by atoms with van der Waals surface area (Å²) >= 11 is 0. The third-order valence-corrected chi connectivity index (χ3v) is 5.95. The highest BCUT2D eigenvalue weighted by atomic mass is 31.1. The van der Waals surface area contributed by atoms with Gasteiger partial charge < -0.3 is 14.2 Å². The normalized spacial score (nSPS) is 26.7. The molecule has 1 aromatic carbocycles. The van der Waals surface area contributed by atoms with Crippen LogP contribution in [0.1, 0.15) is 51.2 Å². The topological polar surface area (TPSA) is 38.7 Å². The van der Waals surface area contributed by atoms with E-state index in [-0.39, 0.29) is 27.1 Å². The van der Waals surface area contributed by atoms with Gasteiger partial charge in [-0.1, -0.05) is 18.2 Å². The minimum absolute atomic E-state index is 0.0272. The van der Waals surface area contributed by atoms with Crippen molar-refractivity contribution in [2.45, 2.75) is 57.7 Å². The molecule has 0 saturated carbocycles. The van der Waals surface area contributed by atoms with E-state index in [9.17, 15) is 4.89 Å². The van der Waals surface area contributed by atoms with E-state index in [0.717, 1.165) is 19.0 Å². The van der Waals surface area contributed by atoms with E-state index in [0.29, 0.717) is 5.92 Å². The molecule has 2 atom stereocenters. The third kappa shape index (κ3) is 2.57. The van der Waals surface area contributed by atoms with Gasteiger partial charge in [0.15, 0.2) is 0 Å². The molecule has 1 aliphatic heterocycles. The van der Waals surface area contributed by atoms with Gasteiger partial charge in [-0.05, 0) is 69.2 Å². The second-order valence-electron chi connectivity index (χ2n) is 7.10. The molecule has 0 aromatic heterocycles. The average Bonchev–Trinajstić information content (AvgIpc) is 2.89. The van der Waals surface area contributed by atoms with E-state index in [1.807, 2.05) is 0 Å². The largest absolute Gasteiger partial charge is 0.495 e. The highest BCUT2D eigenvalue weighted by Crippen LogP contribution is 2.39. The van der Waals surface area contributed by atoms with Gasteiger partial charge in [0.1, 0.15) is 0 Å². The van der Waals surface area contributed by atoms with E-state index in [1.165, 1.54) is 16.6 Å². The van der Waals surface area contributed by atoms with Gasteiger partial charge in [-0.25, -0.2) is 0 Å². The van der Waals surface area contributed by atoms with Gasteiger partial charge in [0.25, 0.3) is 0 Å². The number of rotatable bonds is 3. The van der Waals surface area contributed by atoms with Gasteiger partial charge in [0.2, 0.25) is 0 Å². The van der Waals surface area contributed by atoms with Crippen LogP contribution < -0.4 is 5.46 Å². The van der Waals surface area contributed by atoms with Crippen molar-refractivity contribution in [3.63, 3.8) is 0 Å². The summed E-state index contributed by atoms with van der Waals surface area (Å²) in [5, 5.41) is 0. The molecule has 1 unspecified atom stereocenters. The highest BCUT2D eigenvalue weighted by molar-refractivity contribution is 7.31. The van der Waals surface area contributed by atoms with E-state index in [2.05, 4.69) is 45.9 Å². The fourth-order valence-corrected chi connectivity index (χ4v) is 3.93. The number of fused-ring (bicyclic) bond motifs is 1. The Morgan fingerprint density at radius 1 is 1.24 bits per heavy atom. The Hall–Kier alpha value is -0.405. The first-order valence-electron chi connectivity index (χ1n) is 7.70. The molecule has 3 nitrogen and oxygen atoms in total. The van der Waals surface area contributed by atoms with Crippen LogP contribution in [-0.2, 0) is 15.7 Å². The molecule has 3 rings (SSSR count). The van der Waals surface area contributed by atoms with Crippen molar-refractivity contribution in [2.75, 3.05) is 6.16 Å². The zero-order valence-electron chi connectivity index (χ0n) is 13.3. The van der Waals surface area contributed by atoms with Crippen molar-refractivity contribution in [2.24, 2.45) is 0 Å². The molecule has 1 aromatic rings. The van der Waals surface area contributed by atoms with Crippen molar-refractivity contribution in [3.8, 4) is 0 Å². The Morgan fingerprint density at radius 3 is 2.52 bits per heavy atom. The molecule has 1 fully saturated rings. The van der Waals surface area contributed by atoms with E-state index in [1.54, 1.807) is 0 Å². The second kappa shape index (κ2) is 5.35. The van der Waals surface area contributed by atoms with Gasteiger partial charge >= 0.3 is 7.12 Å². The Morgan fingerprint density at radius 2 is 1.90 bits per heavy atom. The Labute approximate surface area is 129 Å². The molecule has 2 aliphatic rings. The first kappa shape index (κ1) is 15.5. The molecule has 0 radical (unpaired) electrons. The number of benzene rings is 1. The molecule has 0 amide bonds. The summed E-state index contributed by atoms with van der Waals surface area (Å²) in [5.41, 5.74) is 3.33. The molecular formula is C16H24BO3P. The maximum absolute atomic E-state index is 9.25. The molecule has 1 heterocycles. The van der Waals surface area contributed by atoms with E-state index in [4.69, 9.17) is 9.31 Å². The minimum atomic E-state index is -0.301. The maximum atomic E-state index is 9.25. The first-order valence-corrected chi connectivity index (χ1v) is 8.85. The lowest BCUT2D eigenvalue weighted by atomic mass is 9.75. The van der Waals surface area contributed by atoms with Crippen molar-refractivity contribution in [1.82, 2.24) is 0 Å². The van der Waals surface area contributed by atoms with Crippen molar-refractivity contribution in [1.29, 1.82) is 0 Å². The molecule has 1 aliphatic carbocycles. The van der Waals surface area contributed by atoms with Gasteiger partial charge in [0, 0.05) is 8.81 Å². The van der Waals surface area contributed by atoms with Gasteiger partial charge in [0.05, 0.1) is 11.2 Å². The van der Waals surface area contributed by atoms with Crippen LogP contribution in [0.3, 0.4) is 0 Å². The Kier molecular flexibility index (Phi) is 3.94. The molecule has 1 N–H and O–H groups in total. The lowest BCUT2D eigenvalue weighted by molar-refractivity contribution is 0.00578. The maximum Gasteiger partial charge on any atom is 0.495 e. The standard InChI is InChI=1S/C16H24BO3P/c1-15(2)16(3,4)20-17(19-15)14-7-5-6-12-11(10-21-18)8-9-13(12)14/h5-7,11,18,21H,8-10H2,1-4H3/t11-/m1/s1. The lowest BCUT2D eigenvalue weighted by Gasteiger charge is -2.32. The Balaban J connectivity index is 1.92. The summed E-state index contributed by atoms with van der Waals surface area (Å²) in [6.45, 7) is 8.36. The van der Waals surface area contributed by atoms with E-state index < -0.39 is 0 Å². The van der Waals surface area contributed by atoms with Crippen LogP contribution in [0.5, 0.6) is 0 Å². The van der Waals surface area contributed by atoms with Crippen LogP contribution >= 0.6 is 8.81 Å². The van der Waals surface area contributed by atoms with Crippen molar-refractivity contribution < 1.29 is 14.2 Å². The smallest absolute Gasteiger partial charge is 0.399 e. The summed E-state index contributed by atoms with van der Waals surface area (Å²) < 4.78 is 12.4. The fraction of sp³-hybridized carbons (Fsp3) is 0.625. The highest BCUT2D eigenvalue weighted by Gasteiger charge is 2.52. The van der Waals surface area contributed by atoms with Crippen LogP contribution in [0.25, 0.3) is 0 Å². The summed E-state index contributed by atoms with van der Waals surface area (Å²) in [7, 11) is -0.250. The SMILES string of the molecule is CC1(C)OB(c2cccc3c2CC[C@@H]3CPO)OC1(C)C. The monoisotopic (exact) mass is 306 g/mol. The van der Waals surface area contributed by atoms with Crippen LogP contribution in [0.2, 0.25) is 0 Å². The minimum Gasteiger partial charge on any atom is -0.399 e. The first-order chi connectivity index (χ1) is 9.86. The predicted molar refractivity (Wildman–Crippen MR) is 88.6 cm³/mol. The summed E-state index contributed by atoms with van der Waals surface area (Å²) in [6.07, 6.45) is 3.06. The van der Waals surface area contributed by atoms with Crippen LogP contribution in [0, 0.1) is 0 Å². The fourth-order valence-electron chi connectivity index (χ4n) is 3.28. The molecule has 114 valence electrons. The van der Waals surface area contributed by atoms with E-state index >= 15 is 0 Å². The predicted octanol–water partition coefficient (Wildman–Crippen LogP) is 2.60. The summed E-state index contributed by atoms with van der Waals surface area (Å²) in [5.74, 6) is 0.491. The number of hydrogen-bond donors (Lipinski definition) is 1. The summed E-state index contributed by atoms with van der Waals surface area (Å²) in [6, 6.07) is 6.42. The molecular weight excluding hydrogens is 282 g/mol. The van der Waals surface area contributed by atoms with Crippen LogP contribution in [-0.4, -0.2) is 29.4 Å². The molecule has 1 saturated heterocycles. The molecule has 21 heavy (non-hydrogen) atoms. The average molecular weight is 306 g/mol. The molecule has 0 spiro atoms. The van der Waals surface area contributed by atoms with Crippen LogP contribution in [0.4, 0.5) is 0 Å².